The zero-order valence-corrected chi connectivity index (χ0v) is 13.5. The van der Waals surface area contributed by atoms with Crippen LogP contribution in [0, 0.1) is 12.8 Å². The number of rotatable bonds is 3. The van der Waals surface area contributed by atoms with Crippen LogP contribution in [0.5, 0.6) is 0 Å². The van der Waals surface area contributed by atoms with Crippen molar-refractivity contribution in [3.8, 4) is 11.3 Å². The SMILES string of the molecule is Cc1ccncc1-c1cc2cc(NC(=O)C3CC3F)ncc2c(N)n1. The van der Waals surface area contributed by atoms with Crippen molar-refractivity contribution in [2.75, 3.05) is 11.1 Å². The third-order valence-corrected chi connectivity index (χ3v) is 4.36. The number of halogens is 1. The second-order valence-corrected chi connectivity index (χ2v) is 6.22. The van der Waals surface area contributed by atoms with Gasteiger partial charge in [-0.05, 0) is 42.5 Å². The smallest absolute Gasteiger partial charge is 0.231 e. The minimum absolute atomic E-state index is 0.278. The van der Waals surface area contributed by atoms with Gasteiger partial charge < -0.3 is 11.1 Å². The van der Waals surface area contributed by atoms with E-state index in [1.807, 2.05) is 19.1 Å². The third-order valence-electron chi connectivity index (χ3n) is 4.36. The van der Waals surface area contributed by atoms with E-state index in [4.69, 9.17) is 5.73 Å². The van der Waals surface area contributed by atoms with Crippen molar-refractivity contribution < 1.29 is 9.18 Å². The number of pyridine rings is 3. The molecule has 6 nitrogen and oxygen atoms in total. The van der Waals surface area contributed by atoms with Crippen LogP contribution in [0.3, 0.4) is 0 Å². The summed E-state index contributed by atoms with van der Waals surface area (Å²) >= 11 is 0. The maximum atomic E-state index is 13.0. The molecule has 0 radical (unpaired) electrons. The van der Waals surface area contributed by atoms with Gasteiger partial charge >= 0.3 is 0 Å². The second kappa shape index (κ2) is 5.77. The quantitative estimate of drug-likeness (QED) is 0.766. The lowest BCUT2D eigenvalue weighted by Crippen LogP contribution is -2.15. The summed E-state index contributed by atoms with van der Waals surface area (Å²) in [6.45, 7) is 1.97. The molecule has 0 bridgehead atoms. The first-order valence-electron chi connectivity index (χ1n) is 7.95. The molecule has 1 saturated carbocycles. The number of carbonyl (C=O) groups is 1. The highest BCUT2D eigenvalue weighted by Crippen LogP contribution is 2.35. The second-order valence-electron chi connectivity index (χ2n) is 6.22. The summed E-state index contributed by atoms with van der Waals surface area (Å²) in [5, 5.41) is 4.14. The first kappa shape index (κ1) is 15.4. The molecule has 0 aliphatic heterocycles. The maximum absolute atomic E-state index is 13.0. The molecule has 4 rings (SSSR count). The number of amides is 1. The summed E-state index contributed by atoms with van der Waals surface area (Å²) < 4.78 is 13.0. The van der Waals surface area contributed by atoms with Crippen molar-refractivity contribution in [1.82, 2.24) is 15.0 Å². The van der Waals surface area contributed by atoms with Gasteiger partial charge in [-0.3, -0.25) is 9.78 Å². The van der Waals surface area contributed by atoms with Crippen molar-refractivity contribution in [2.45, 2.75) is 19.5 Å². The topological polar surface area (TPSA) is 93.8 Å². The Morgan fingerprint density at radius 2 is 2.16 bits per heavy atom. The lowest BCUT2D eigenvalue weighted by atomic mass is 10.1. The van der Waals surface area contributed by atoms with E-state index in [2.05, 4.69) is 20.3 Å². The fourth-order valence-electron chi connectivity index (χ4n) is 2.77. The van der Waals surface area contributed by atoms with Crippen LogP contribution in [0.15, 0.2) is 36.8 Å². The molecule has 1 fully saturated rings. The molecule has 1 aliphatic rings. The van der Waals surface area contributed by atoms with E-state index in [0.717, 1.165) is 16.5 Å². The van der Waals surface area contributed by atoms with Crippen molar-refractivity contribution in [2.24, 2.45) is 5.92 Å². The number of nitrogens with two attached hydrogens (primary N) is 1. The molecule has 2 atom stereocenters. The average Bonchev–Trinajstić information content (AvgIpc) is 3.32. The van der Waals surface area contributed by atoms with Gasteiger partial charge in [-0.15, -0.1) is 0 Å². The van der Waals surface area contributed by atoms with E-state index in [1.54, 1.807) is 24.7 Å². The Morgan fingerprint density at radius 1 is 1.36 bits per heavy atom. The Balaban J connectivity index is 1.73. The van der Waals surface area contributed by atoms with Crippen LogP contribution < -0.4 is 11.1 Å². The molecule has 0 aromatic carbocycles. The normalized spacial score (nSPS) is 19.0. The van der Waals surface area contributed by atoms with Gasteiger partial charge in [0.15, 0.2) is 0 Å². The Hall–Kier alpha value is -3.09. The molecule has 3 aromatic heterocycles. The third kappa shape index (κ3) is 2.88. The van der Waals surface area contributed by atoms with Gasteiger partial charge in [0.2, 0.25) is 5.91 Å². The van der Waals surface area contributed by atoms with E-state index in [9.17, 15) is 9.18 Å². The molecule has 0 saturated heterocycles. The summed E-state index contributed by atoms with van der Waals surface area (Å²) in [4.78, 5) is 24.6. The molecule has 3 heterocycles. The lowest BCUT2D eigenvalue weighted by Gasteiger charge is -2.10. The number of carbonyl (C=O) groups excluding carboxylic acids is 1. The standard InChI is InChI=1S/C18H16FN5O/c1-9-2-3-21-7-12(9)15-4-10-5-16(22-8-13(10)17(20)23-15)24-18(25)11-6-14(11)19/h2-5,7-8,11,14H,6H2,1H3,(H2,20,23)(H,22,24,25). The molecular formula is C18H16FN5O. The summed E-state index contributed by atoms with van der Waals surface area (Å²) in [5.74, 6) is -0.179. The van der Waals surface area contributed by atoms with E-state index in [0.29, 0.717) is 22.7 Å². The molecule has 126 valence electrons. The van der Waals surface area contributed by atoms with Gasteiger partial charge in [-0.2, -0.15) is 0 Å². The predicted molar refractivity (Wildman–Crippen MR) is 93.6 cm³/mol. The number of hydrogen-bond donors (Lipinski definition) is 2. The monoisotopic (exact) mass is 337 g/mol. The summed E-state index contributed by atoms with van der Waals surface area (Å²) in [6.07, 6.45) is 4.26. The Kier molecular flexibility index (Phi) is 3.56. The fraction of sp³-hybridized carbons (Fsp3) is 0.222. The van der Waals surface area contributed by atoms with Gasteiger partial charge in [0.25, 0.3) is 0 Å². The maximum Gasteiger partial charge on any atom is 0.231 e. The van der Waals surface area contributed by atoms with Crippen molar-refractivity contribution in [3.63, 3.8) is 0 Å². The van der Waals surface area contributed by atoms with E-state index >= 15 is 0 Å². The van der Waals surface area contributed by atoms with Crippen LogP contribution in [-0.2, 0) is 4.79 Å². The summed E-state index contributed by atoms with van der Waals surface area (Å²) in [5.41, 5.74) is 8.68. The fourth-order valence-corrected chi connectivity index (χ4v) is 2.77. The van der Waals surface area contributed by atoms with Crippen LogP contribution in [-0.4, -0.2) is 27.0 Å². The van der Waals surface area contributed by atoms with Gasteiger partial charge in [0, 0.05) is 29.5 Å². The van der Waals surface area contributed by atoms with Crippen LogP contribution >= 0.6 is 0 Å². The van der Waals surface area contributed by atoms with E-state index in [-0.39, 0.29) is 12.3 Å². The molecule has 0 spiro atoms. The highest BCUT2D eigenvalue weighted by atomic mass is 19.1. The molecule has 3 aromatic rings. The zero-order valence-electron chi connectivity index (χ0n) is 13.5. The highest BCUT2D eigenvalue weighted by molar-refractivity contribution is 5.98. The number of anilines is 2. The van der Waals surface area contributed by atoms with Crippen molar-refractivity contribution in [3.05, 3.63) is 42.4 Å². The van der Waals surface area contributed by atoms with Crippen LogP contribution in [0.25, 0.3) is 22.0 Å². The van der Waals surface area contributed by atoms with Crippen molar-refractivity contribution in [1.29, 1.82) is 0 Å². The molecule has 25 heavy (non-hydrogen) atoms. The van der Waals surface area contributed by atoms with Gasteiger partial charge in [0.1, 0.15) is 17.8 Å². The van der Waals surface area contributed by atoms with Gasteiger partial charge in [-0.25, -0.2) is 14.4 Å². The minimum Gasteiger partial charge on any atom is -0.383 e. The number of aromatic nitrogens is 3. The number of aryl methyl sites for hydroxylation is 1. The van der Waals surface area contributed by atoms with Crippen LogP contribution in [0.4, 0.5) is 16.0 Å². The number of nitrogens with zero attached hydrogens (tertiary/aromatic N) is 3. The summed E-state index contributed by atoms with van der Waals surface area (Å²) in [7, 11) is 0. The van der Waals surface area contributed by atoms with Crippen LogP contribution in [0.1, 0.15) is 12.0 Å². The average molecular weight is 337 g/mol. The number of hydrogen-bond acceptors (Lipinski definition) is 5. The van der Waals surface area contributed by atoms with Gasteiger partial charge in [0.05, 0.1) is 11.6 Å². The Morgan fingerprint density at radius 3 is 2.88 bits per heavy atom. The van der Waals surface area contributed by atoms with E-state index in [1.165, 1.54) is 0 Å². The van der Waals surface area contributed by atoms with Crippen molar-refractivity contribution >= 4 is 28.3 Å². The molecule has 2 unspecified atom stereocenters. The number of nitrogens with one attached hydrogen (secondary N) is 1. The lowest BCUT2D eigenvalue weighted by molar-refractivity contribution is -0.117. The molecule has 1 aliphatic carbocycles. The Labute approximate surface area is 143 Å². The Bertz CT molecular complexity index is 990. The molecule has 3 N–H and O–H groups in total. The summed E-state index contributed by atoms with van der Waals surface area (Å²) in [6, 6.07) is 5.50. The molecule has 1 amide bonds. The zero-order chi connectivity index (χ0) is 17.6. The minimum atomic E-state index is -1.04. The van der Waals surface area contributed by atoms with Crippen LogP contribution in [0.2, 0.25) is 0 Å². The first-order valence-corrected chi connectivity index (χ1v) is 7.95. The van der Waals surface area contributed by atoms with Gasteiger partial charge in [-0.1, -0.05) is 0 Å². The molecule has 7 heteroatoms. The number of alkyl halides is 1. The van der Waals surface area contributed by atoms with E-state index < -0.39 is 12.1 Å². The highest BCUT2D eigenvalue weighted by Gasteiger charge is 2.43. The number of nitrogen functional groups attached to an aromatic ring is 1. The molecular weight excluding hydrogens is 321 g/mol. The number of fused-ring (bicyclic) bond motifs is 1. The largest absolute Gasteiger partial charge is 0.383 e. The predicted octanol–water partition coefficient (Wildman–Crippen LogP) is 2.88. The first-order chi connectivity index (χ1) is 12.0.